The maximum atomic E-state index is 10.5. The van der Waals surface area contributed by atoms with Crippen LogP contribution >= 0.6 is 0 Å². The van der Waals surface area contributed by atoms with Crippen molar-refractivity contribution in [2.45, 2.75) is 0 Å². The van der Waals surface area contributed by atoms with Crippen LogP contribution in [0.2, 0.25) is 0 Å². The molecular formula is C28H19N2O2Pt-. The molecule has 0 saturated heterocycles. The first-order valence-corrected chi connectivity index (χ1v) is 10.2. The summed E-state index contributed by atoms with van der Waals surface area (Å²) in [5, 5.41) is 10.5. The van der Waals surface area contributed by atoms with E-state index in [4.69, 9.17) is 9.72 Å². The molecule has 3 aromatic carbocycles. The number of nitrogens with zero attached hydrogens (tertiary/aromatic N) is 2. The molecule has 0 fully saturated rings. The normalized spacial score (nSPS) is 10.3. The van der Waals surface area contributed by atoms with Crippen LogP contribution in [-0.4, -0.2) is 15.1 Å². The van der Waals surface area contributed by atoms with Crippen molar-refractivity contribution in [2.75, 3.05) is 0 Å². The van der Waals surface area contributed by atoms with Gasteiger partial charge >= 0.3 is 0 Å². The molecule has 0 spiro atoms. The Bertz CT molecular complexity index is 1360. The molecule has 0 aliphatic heterocycles. The summed E-state index contributed by atoms with van der Waals surface area (Å²) < 4.78 is 5.83. The number of ether oxygens (including phenoxy) is 1. The SMILES string of the molecule is Oc1ccccc1-c1nc(-c2[c-]c(Oc3ccccn3)ccc2)ccc1-c1ccccc1.[Pt]. The van der Waals surface area contributed by atoms with E-state index >= 15 is 0 Å². The Balaban J connectivity index is 0.00000259. The minimum atomic E-state index is 0. The average molecular weight is 611 g/mol. The number of phenolic OH excluding ortho intramolecular Hbond substituents is 1. The average Bonchev–Trinajstić information content (AvgIpc) is 2.85. The van der Waals surface area contributed by atoms with Crippen molar-refractivity contribution >= 4 is 0 Å². The van der Waals surface area contributed by atoms with Crippen LogP contribution in [0.4, 0.5) is 0 Å². The van der Waals surface area contributed by atoms with Crippen LogP contribution in [0.3, 0.4) is 0 Å². The number of para-hydroxylation sites is 1. The summed E-state index contributed by atoms with van der Waals surface area (Å²) in [6.07, 6.45) is 1.68. The molecule has 1 N–H and O–H groups in total. The van der Waals surface area contributed by atoms with Crippen LogP contribution in [0.1, 0.15) is 0 Å². The summed E-state index contributed by atoms with van der Waals surface area (Å²) in [5.41, 5.74) is 4.87. The second-order valence-corrected chi connectivity index (χ2v) is 7.17. The maximum absolute atomic E-state index is 10.5. The molecule has 0 atom stereocenters. The largest absolute Gasteiger partial charge is 0.507 e. The van der Waals surface area contributed by atoms with E-state index in [1.807, 2.05) is 84.9 Å². The number of hydrogen-bond acceptors (Lipinski definition) is 4. The van der Waals surface area contributed by atoms with E-state index < -0.39 is 0 Å². The smallest absolute Gasteiger partial charge is 0.217 e. The van der Waals surface area contributed by atoms with Gasteiger partial charge in [-0.1, -0.05) is 66.7 Å². The van der Waals surface area contributed by atoms with Crippen LogP contribution in [0.25, 0.3) is 33.6 Å². The number of aromatic hydroxyl groups is 1. The van der Waals surface area contributed by atoms with Crippen molar-refractivity contribution in [1.29, 1.82) is 0 Å². The zero-order valence-electron chi connectivity index (χ0n) is 17.5. The van der Waals surface area contributed by atoms with E-state index in [2.05, 4.69) is 11.1 Å². The third-order valence-electron chi connectivity index (χ3n) is 5.04. The van der Waals surface area contributed by atoms with E-state index in [0.717, 1.165) is 22.4 Å². The molecule has 5 heteroatoms. The van der Waals surface area contributed by atoms with Gasteiger partial charge in [0.2, 0.25) is 5.88 Å². The fourth-order valence-corrected chi connectivity index (χ4v) is 3.52. The summed E-state index contributed by atoms with van der Waals surface area (Å²) >= 11 is 0. The Morgan fingerprint density at radius 3 is 2.27 bits per heavy atom. The first-order chi connectivity index (χ1) is 15.8. The van der Waals surface area contributed by atoms with E-state index in [-0.39, 0.29) is 26.8 Å². The fourth-order valence-electron chi connectivity index (χ4n) is 3.52. The predicted octanol–water partition coefficient (Wildman–Crippen LogP) is 6.77. The van der Waals surface area contributed by atoms with Crippen molar-refractivity contribution in [3.8, 4) is 51.0 Å². The fraction of sp³-hybridized carbons (Fsp3) is 0. The second-order valence-electron chi connectivity index (χ2n) is 7.17. The number of aromatic nitrogens is 2. The molecular weight excluding hydrogens is 591 g/mol. The minimum absolute atomic E-state index is 0. The Hall–Kier alpha value is -3.75. The summed E-state index contributed by atoms with van der Waals surface area (Å²) in [6.45, 7) is 0. The topological polar surface area (TPSA) is 55.2 Å². The summed E-state index contributed by atoms with van der Waals surface area (Å²) in [6, 6.07) is 35.7. The zero-order valence-corrected chi connectivity index (χ0v) is 19.7. The molecule has 0 aliphatic carbocycles. The van der Waals surface area contributed by atoms with Gasteiger partial charge in [-0.05, 0) is 29.5 Å². The quantitative estimate of drug-likeness (QED) is 0.223. The van der Waals surface area contributed by atoms with Crippen LogP contribution in [0.5, 0.6) is 17.4 Å². The van der Waals surface area contributed by atoms with Gasteiger partial charge in [0.25, 0.3) is 0 Å². The van der Waals surface area contributed by atoms with Gasteiger partial charge < -0.3 is 9.84 Å². The number of pyridine rings is 2. The first kappa shape index (κ1) is 22.4. The number of benzene rings is 3. The molecule has 0 radical (unpaired) electrons. The van der Waals surface area contributed by atoms with Gasteiger partial charge in [-0.3, -0.25) is 4.98 Å². The summed E-state index contributed by atoms with van der Waals surface area (Å²) in [7, 11) is 0. The molecule has 0 unspecified atom stereocenters. The Kier molecular flexibility index (Phi) is 6.97. The van der Waals surface area contributed by atoms with Gasteiger partial charge in [0, 0.05) is 50.2 Å². The van der Waals surface area contributed by atoms with Crippen molar-refractivity contribution in [3.63, 3.8) is 0 Å². The van der Waals surface area contributed by atoms with Crippen molar-refractivity contribution < 1.29 is 30.9 Å². The van der Waals surface area contributed by atoms with Crippen molar-refractivity contribution in [2.24, 2.45) is 0 Å². The van der Waals surface area contributed by atoms with Crippen LogP contribution in [-0.2, 0) is 21.1 Å². The minimum Gasteiger partial charge on any atom is -0.507 e. The second kappa shape index (κ2) is 10.2. The van der Waals surface area contributed by atoms with Gasteiger partial charge in [0.15, 0.2) is 0 Å². The zero-order chi connectivity index (χ0) is 21.8. The molecule has 0 saturated carbocycles. The van der Waals surface area contributed by atoms with Crippen LogP contribution in [0, 0.1) is 6.07 Å². The van der Waals surface area contributed by atoms with E-state index in [0.29, 0.717) is 22.9 Å². The summed E-state index contributed by atoms with van der Waals surface area (Å²) in [4.78, 5) is 9.14. The first-order valence-electron chi connectivity index (χ1n) is 10.2. The van der Waals surface area contributed by atoms with E-state index in [1.165, 1.54) is 0 Å². The number of rotatable bonds is 5. The summed E-state index contributed by atoms with van der Waals surface area (Å²) in [5.74, 6) is 1.24. The Labute approximate surface area is 206 Å². The third kappa shape index (κ3) is 5.02. The predicted molar refractivity (Wildman–Crippen MR) is 125 cm³/mol. The molecule has 164 valence electrons. The molecule has 0 amide bonds. The van der Waals surface area contributed by atoms with Gasteiger partial charge in [-0.2, -0.15) is 0 Å². The standard InChI is InChI=1S/C28H19N2O2.Pt/c31-26-14-5-4-13-24(26)28-23(20-9-2-1-3-10-20)16-17-25(30-28)21-11-8-12-22(19-21)32-27-15-6-7-18-29-27;/h1-18,31H;/q-1;. The van der Waals surface area contributed by atoms with Crippen LogP contribution < -0.4 is 4.74 Å². The molecule has 0 bridgehead atoms. The molecule has 33 heavy (non-hydrogen) atoms. The van der Waals surface area contributed by atoms with Gasteiger partial charge in [0.05, 0.1) is 5.69 Å². The Morgan fingerprint density at radius 2 is 1.48 bits per heavy atom. The maximum Gasteiger partial charge on any atom is 0.217 e. The molecule has 2 heterocycles. The van der Waals surface area contributed by atoms with E-state index in [9.17, 15) is 5.11 Å². The molecule has 5 rings (SSSR count). The van der Waals surface area contributed by atoms with E-state index in [1.54, 1.807) is 24.4 Å². The number of phenols is 1. The van der Waals surface area contributed by atoms with Crippen molar-refractivity contribution in [3.05, 3.63) is 115 Å². The molecule has 4 nitrogen and oxygen atoms in total. The molecule has 2 aromatic heterocycles. The monoisotopic (exact) mass is 610 g/mol. The molecule has 5 aromatic rings. The van der Waals surface area contributed by atoms with Gasteiger partial charge in [-0.15, -0.1) is 23.8 Å². The van der Waals surface area contributed by atoms with Crippen molar-refractivity contribution in [1.82, 2.24) is 9.97 Å². The Morgan fingerprint density at radius 1 is 0.697 bits per heavy atom. The van der Waals surface area contributed by atoms with Gasteiger partial charge in [-0.25, -0.2) is 4.98 Å². The van der Waals surface area contributed by atoms with Gasteiger partial charge in [0.1, 0.15) is 5.75 Å². The molecule has 0 aliphatic rings. The number of hydrogen-bond donors (Lipinski definition) is 1. The van der Waals surface area contributed by atoms with Crippen LogP contribution in [0.15, 0.2) is 109 Å². The third-order valence-corrected chi connectivity index (χ3v) is 5.04.